The average molecular weight is 857 g/mol. The Morgan fingerprint density at radius 2 is 0.742 bits per heavy atom. The van der Waals surface area contributed by atoms with E-state index in [0.29, 0.717) is 57.2 Å². The summed E-state index contributed by atoms with van der Waals surface area (Å²) in [7, 11) is 0. The number of hydrogen-bond acceptors (Lipinski definition) is 14. The summed E-state index contributed by atoms with van der Waals surface area (Å²) in [6.45, 7) is 12.1. The molecule has 0 aromatic heterocycles. The van der Waals surface area contributed by atoms with Crippen LogP contribution in [-0.4, -0.2) is 75.5 Å². The van der Waals surface area contributed by atoms with Crippen LogP contribution in [0.4, 0.5) is 0 Å². The maximum Gasteiger partial charge on any atom is 0.343 e. The van der Waals surface area contributed by atoms with Crippen LogP contribution < -0.4 is 18.9 Å². The third kappa shape index (κ3) is 20.0. The molecule has 0 aliphatic carbocycles. The summed E-state index contributed by atoms with van der Waals surface area (Å²) in [5.74, 6) is -2.51. The molecule has 0 amide bonds. The Morgan fingerprint density at radius 1 is 0.387 bits per heavy atom. The Balaban J connectivity index is 1.56. The lowest BCUT2D eigenvalue weighted by molar-refractivity contribution is -0.138. The zero-order valence-corrected chi connectivity index (χ0v) is 35.1. The fourth-order valence-corrected chi connectivity index (χ4v) is 5.51. The zero-order valence-electron chi connectivity index (χ0n) is 35.1. The molecule has 0 N–H and O–H groups in total. The maximum atomic E-state index is 13.4. The van der Waals surface area contributed by atoms with E-state index in [1.165, 1.54) is 18.2 Å². The Bertz CT molecular complexity index is 1920. The molecule has 332 valence electrons. The number of rotatable bonds is 31. The van der Waals surface area contributed by atoms with Gasteiger partial charge < -0.3 is 37.9 Å². The highest BCUT2D eigenvalue weighted by Crippen LogP contribution is 2.28. The van der Waals surface area contributed by atoms with Gasteiger partial charge in [-0.25, -0.2) is 28.8 Å². The van der Waals surface area contributed by atoms with Crippen molar-refractivity contribution in [3.8, 4) is 23.0 Å². The normalized spacial score (nSPS) is 10.4. The van der Waals surface area contributed by atoms with Crippen LogP contribution in [0, 0.1) is 0 Å². The smallest absolute Gasteiger partial charge is 0.343 e. The molecule has 0 radical (unpaired) electrons. The van der Waals surface area contributed by atoms with Crippen molar-refractivity contribution in [1.82, 2.24) is 0 Å². The first-order valence-electron chi connectivity index (χ1n) is 20.7. The lowest BCUT2D eigenvalue weighted by atomic mass is 10.1. The van der Waals surface area contributed by atoms with Gasteiger partial charge in [0, 0.05) is 18.2 Å². The van der Waals surface area contributed by atoms with Gasteiger partial charge in [0.15, 0.2) is 0 Å². The van der Waals surface area contributed by atoms with Crippen molar-refractivity contribution in [2.24, 2.45) is 0 Å². The molecule has 0 saturated heterocycles. The lowest BCUT2D eigenvalue weighted by Gasteiger charge is -2.13. The van der Waals surface area contributed by atoms with Gasteiger partial charge >= 0.3 is 35.8 Å². The average Bonchev–Trinajstić information content (AvgIpc) is 3.29. The van der Waals surface area contributed by atoms with Crippen molar-refractivity contribution < 1.29 is 66.7 Å². The van der Waals surface area contributed by atoms with Gasteiger partial charge in [0.05, 0.1) is 50.8 Å². The van der Waals surface area contributed by atoms with E-state index < -0.39 is 35.8 Å². The third-order valence-electron chi connectivity index (χ3n) is 8.88. The number of carbonyl (C=O) groups is 6. The Morgan fingerprint density at radius 3 is 1.15 bits per heavy atom. The van der Waals surface area contributed by atoms with E-state index in [4.69, 9.17) is 37.9 Å². The number of ether oxygens (including phenoxy) is 8. The molecule has 62 heavy (non-hydrogen) atoms. The van der Waals surface area contributed by atoms with Crippen molar-refractivity contribution in [1.29, 1.82) is 0 Å². The van der Waals surface area contributed by atoms with Gasteiger partial charge in [-0.15, -0.1) is 0 Å². The van der Waals surface area contributed by atoms with Gasteiger partial charge in [-0.05, 0) is 144 Å². The molecular weight excluding hydrogens is 801 g/mol. The van der Waals surface area contributed by atoms with E-state index in [0.717, 1.165) is 76.0 Å². The quantitative estimate of drug-likeness (QED) is 0.0197. The molecule has 0 aliphatic heterocycles. The number of hydrogen-bond donors (Lipinski definition) is 0. The van der Waals surface area contributed by atoms with Crippen LogP contribution in [0.2, 0.25) is 0 Å². The minimum absolute atomic E-state index is 0.0213. The number of carbonyl (C=O) groups excluding carboxylic acids is 6. The molecule has 0 spiro atoms. The van der Waals surface area contributed by atoms with Crippen molar-refractivity contribution in [3.63, 3.8) is 0 Å². The summed E-state index contributed by atoms with van der Waals surface area (Å²) in [5.41, 5.74) is 0.318. The van der Waals surface area contributed by atoms with Gasteiger partial charge in [-0.2, -0.15) is 0 Å². The van der Waals surface area contributed by atoms with Crippen LogP contribution in [0.3, 0.4) is 0 Å². The van der Waals surface area contributed by atoms with E-state index in [-0.39, 0.29) is 41.4 Å². The minimum atomic E-state index is -0.787. The summed E-state index contributed by atoms with van der Waals surface area (Å²) in [6, 6.07) is 16.8. The highest BCUT2D eigenvalue weighted by Gasteiger charge is 2.21. The first kappa shape index (κ1) is 49.7. The highest BCUT2D eigenvalue weighted by atomic mass is 16.6. The van der Waals surface area contributed by atoms with Gasteiger partial charge in [0.2, 0.25) is 0 Å². The second-order valence-electron chi connectivity index (χ2n) is 13.7. The van der Waals surface area contributed by atoms with Crippen molar-refractivity contribution in [3.05, 3.63) is 121 Å². The van der Waals surface area contributed by atoms with Crippen LogP contribution in [0.15, 0.2) is 105 Å². The predicted octanol–water partition coefficient (Wildman–Crippen LogP) is 8.91. The number of esters is 6. The molecule has 0 aliphatic rings. The highest BCUT2D eigenvalue weighted by molar-refractivity contribution is 5.97. The summed E-state index contributed by atoms with van der Waals surface area (Å²) in [5, 5.41) is 0. The molecular formula is C48H56O14. The van der Waals surface area contributed by atoms with Gasteiger partial charge in [0.1, 0.15) is 28.6 Å². The molecule has 0 unspecified atom stereocenters. The maximum absolute atomic E-state index is 13.4. The molecule has 3 aromatic rings. The molecule has 0 atom stereocenters. The molecule has 14 nitrogen and oxygen atoms in total. The first-order chi connectivity index (χ1) is 30.1. The molecule has 0 bridgehead atoms. The van der Waals surface area contributed by atoms with E-state index in [1.807, 2.05) is 0 Å². The largest absolute Gasteiger partial charge is 0.494 e. The predicted molar refractivity (Wildman–Crippen MR) is 229 cm³/mol. The van der Waals surface area contributed by atoms with Crippen LogP contribution in [-0.2, 0) is 33.3 Å². The summed E-state index contributed by atoms with van der Waals surface area (Å²) in [4.78, 5) is 73.1. The number of benzene rings is 3. The second-order valence-corrected chi connectivity index (χ2v) is 13.7. The second kappa shape index (κ2) is 29.5. The summed E-state index contributed by atoms with van der Waals surface area (Å²) >= 11 is 0. The monoisotopic (exact) mass is 856 g/mol. The molecule has 3 aromatic carbocycles. The fourth-order valence-electron chi connectivity index (χ4n) is 5.51. The lowest BCUT2D eigenvalue weighted by Crippen LogP contribution is -2.15. The molecule has 3 rings (SSSR count). The van der Waals surface area contributed by atoms with Crippen molar-refractivity contribution in [2.45, 2.75) is 77.0 Å². The SMILES string of the molecule is C=CC(=O)OCCCCCCOC(=O)c1cc(OC(=O)c2ccc(OCCCCCCOC(=O)C=C)cc2)ccc1OC(=O)c1ccc(OCCCCCCOC(=O)C=C)cc1. The molecule has 0 fully saturated rings. The Hall–Kier alpha value is -6.70. The van der Waals surface area contributed by atoms with Crippen LogP contribution in [0.1, 0.15) is 108 Å². The van der Waals surface area contributed by atoms with E-state index >= 15 is 0 Å². The van der Waals surface area contributed by atoms with Crippen LogP contribution in [0.25, 0.3) is 0 Å². The summed E-state index contributed by atoms with van der Waals surface area (Å²) in [6.07, 6.45) is 12.6. The van der Waals surface area contributed by atoms with E-state index in [2.05, 4.69) is 19.7 Å². The zero-order chi connectivity index (χ0) is 44.8. The Kier molecular flexibility index (Phi) is 23.6. The van der Waals surface area contributed by atoms with Gasteiger partial charge in [-0.3, -0.25) is 0 Å². The molecule has 0 saturated carbocycles. The first-order valence-corrected chi connectivity index (χ1v) is 20.7. The van der Waals surface area contributed by atoms with Crippen molar-refractivity contribution in [2.75, 3.05) is 39.6 Å². The standard InChI is InChI=1S/C48H56O14/c1-4-43(49)57-31-15-9-7-13-29-55-38-23-19-36(20-24-38)46(52)61-40-27-28-42(41(35-40)48(54)60-34-18-12-11-17-33-59-45(51)6-3)62-47(53)37-21-25-39(26-22-37)56-30-14-8-10-16-32-58-44(50)5-2/h4-6,19-28,35H,1-3,7-18,29-34H2. The fraction of sp³-hybridized carbons (Fsp3) is 0.375. The minimum Gasteiger partial charge on any atom is -0.494 e. The van der Waals surface area contributed by atoms with Gasteiger partial charge in [0.25, 0.3) is 0 Å². The topological polar surface area (TPSA) is 176 Å². The third-order valence-corrected chi connectivity index (χ3v) is 8.88. The van der Waals surface area contributed by atoms with Crippen LogP contribution >= 0.6 is 0 Å². The molecule has 0 heterocycles. The number of unbranched alkanes of at least 4 members (excludes halogenated alkanes) is 9. The summed E-state index contributed by atoms with van der Waals surface area (Å²) < 4.78 is 43.2. The van der Waals surface area contributed by atoms with E-state index in [1.54, 1.807) is 48.5 Å². The molecule has 14 heteroatoms. The van der Waals surface area contributed by atoms with Crippen molar-refractivity contribution >= 4 is 35.8 Å². The van der Waals surface area contributed by atoms with E-state index in [9.17, 15) is 28.8 Å². The van der Waals surface area contributed by atoms with Crippen LogP contribution in [0.5, 0.6) is 23.0 Å². The van der Waals surface area contributed by atoms with Gasteiger partial charge in [-0.1, -0.05) is 19.7 Å². The Labute approximate surface area is 362 Å².